The zero-order valence-corrected chi connectivity index (χ0v) is 12.7. The molecule has 21 heavy (non-hydrogen) atoms. The highest BCUT2D eigenvalue weighted by Gasteiger charge is 2.20. The molecule has 1 N–H and O–H groups in total. The average Bonchev–Trinajstić information content (AvgIpc) is 3.30. The Morgan fingerprint density at radius 2 is 2.14 bits per heavy atom. The lowest BCUT2D eigenvalue weighted by Crippen LogP contribution is -2.20. The second-order valence-corrected chi connectivity index (χ2v) is 5.85. The van der Waals surface area contributed by atoms with Crippen LogP contribution in [0.2, 0.25) is 0 Å². The van der Waals surface area contributed by atoms with E-state index >= 15 is 0 Å². The topological polar surface area (TPSA) is 41.0 Å². The van der Waals surface area contributed by atoms with Gasteiger partial charge in [0.15, 0.2) is 0 Å². The minimum Gasteiger partial charge on any atom is -0.355 e. The molecular formula is C17H22N4. The van der Waals surface area contributed by atoms with Crippen LogP contribution in [0.15, 0.2) is 36.7 Å². The van der Waals surface area contributed by atoms with Crippen molar-refractivity contribution in [2.24, 2.45) is 0 Å². The second-order valence-electron chi connectivity index (χ2n) is 5.85. The van der Waals surface area contributed by atoms with Gasteiger partial charge in [-0.1, -0.05) is 6.07 Å². The third-order valence-electron chi connectivity index (χ3n) is 3.71. The van der Waals surface area contributed by atoms with Crippen LogP contribution < -0.4 is 10.2 Å². The number of hydrogen-bond acceptors (Lipinski definition) is 4. The second kappa shape index (κ2) is 6.22. The Kier molecular flexibility index (Phi) is 4.15. The maximum Gasteiger partial charge on any atom is 0.129 e. The van der Waals surface area contributed by atoms with Crippen LogP contribution in [0.4, 0.5) is 5.82 Å². The monoisotopic (exact) mass is 282 g/mol. The van der Waals surface area contributed by atoms with Crippen molar-refractivity contribution in [2.75, 3.05) is 11.9 Å². The molecule has 2 aromatic heterocycles. The highest BCUT2D eigenvalue weighted by Crippen LogP contribution is 2.21. The molecule has 0 atom stereocenters. The fourth-order valence-corrected chi connectivity index (χ4v) is 2.41. The van der Waals surface area contributed by atoms with Gasteiger partial charge in [0.2, 0.25) is 0 Å². The Morgan fingerprint density at radius 1 is 1.29 bits per heavy atom. The van der Waals surface area contributed by atoms with E-state index in [9.17, 15) is 0 Å². The number of rotatable bonds is 6. The van der Waals surface area contributed by atoms with Crippen LogP contribution in [0.25, 0.3) is 0 Å². The number of pyridine rings is 2. The average molecular weight is 282 g/mol. The molecule has 1 aliphatic rings. The van der Waals surface area contributed by atoms with E-state index in [-0.39, 0.29) is 0 Å². The van der Waals surface area contributed by atoms with Gasteiger partial charge < -0.3 is 10.2 Å². The van der Waals surface area contributed by atoms with Crippen LogP contribution in [-0.4, -0.2) is 23.1 Å². The first-order valence-corrected chi connectivity index (χ1v) is 7.52. The van der Waals surface area contributed by atoms with Gasteiger partial charge in [-0.25, -0.2) is 4.98 Å². The number of hydrogen-bond donors (Lipinski definition) is 1. The van der Waals surface area contributed by atoms with Crippen LogP contribution in [0, 0.1) is 6.92 Å². The minimum absolute atomic E-state index is 0.732. The lowest BCUT2D eigenvalue weighted by atomic mass is 10.2. The molecule has 0 saturated heterocycles. The molecule has 0 unspecified atom stereocenters. The highest BCUT2D eigenvalue weighted by molar-refractivity contribution is 5.42. The number of anilines is 1. The summed E-state index contributed by atoms with van der Waals surface area (Å²) in [5.41, 5.74) is 3.57. The Labute approximate surface area is 126 Å². The van der Waals surface area contributed by atoms with Gasteiger partial charge in [0.1, 0.15) is 5.82 Å². The molecule has 4 nitrogen and oxygen atoms in total. The number of aryl methyl sites for hydroxylation is 1. The predicted molar refractivity (Wildman–Crippen MR) is 85.2 cm³/mol. The van der Waals surface area contributed by atoms with Crippen molar-refractivity contribution in [2.45, 2.75) is 38.9 Å². The predicted octanol–water partition coefficient (Wildman–Crippen LogP) is 2.67. The van der Waals surface area contributed by atoms with Gasteiger partial charge in [-0.15, -0.1) is 0 Å². The molecule has 0 aliphatic heterocycles. The summed E-state index contributed by atoms with van der Waals surface area (Å²) in [6.45, 7) is 3.81. The van der Waals surface area contributed by atoms with Gasteiger partial charge in [0.05, 0.1) is 0 Å². The Balaban J connectivity index is 1.70. The Hall–Kier alpha value is -1.94. The van der Waals surface area contributed by atoms with Crippen molar-refractivity contribution in [1.29, 1.82) is 0 Å². The van der Waals surface area contributed by atoms with Crippen molar-refractivity contribution in [3.8, 4) is 0 Å². The van der Waals surface area contributed by atoms with Crippen molar-refractivity contribution in [3.05, 3.63) is 53.5 Å². The first kappa shape index (κ1) is 14.0. The minimum atomic E-state index is 0.732. The molecule has 2 aromatic rings. The normalized spacial score (nSPS) is 14.2. The summed E-state index contributed by atoms with van der Waals surface area (Å²) in [7, 11) is 2.08. The van der Waals surface area contributed by atoms with Crippen molar-refractivity contribution < 1.29 is 0 Å². The smallest absolute Gasteiger partial charge is 0.129 e. The van der Waals surface area contributed by atoms with E-state index in [1.54, 1.807) is 6.20 Å². The molecule has 110 valence electrons. The van der Waals surface area contributed by atoms with E-state index in [2.05, 4.69) is 52.4 Å². The molecule has 0 radical (unpaired) electrons. The summed E-state index contributed by atoms with van der Waals surface area (Å²) >= 11 is 0. The molecule has 0 aromatic carbocycles. The molecular weight excluding hydrogens is 260 g/mol. The summed E-state index contributed by atoms with van der Waals surface area (Å²) in [6.07, 6.45) is 6.34. The Bertz CT molecular complexity index is 593. The van der Waals surface area contributed by atoms with E-state index in [4.69, 9.17) is 0 Å². The summed E-state index contributed by atoms with van der Waals surface area (Å²) in [6, 6.07) is 9.14. The van der Waals surface area contributed by atoms with E-state index < -0.39 is 0 Å². The van der Waals surface area contributed by atoms with E-state index in [0.717, 1.165) is 30.6 Å². The zero-order chi connectivity index (χ0) is 14.7. The quantitative estimate of drug-likeness (QED) is 0.884. The highest BCUT2D eigenvalue weighted by atomic mass is 15.2. The fourth-order valence-electron chi connectivity index (χ4n) is 2.41. The number of aromatic nitrogens is 2. The summed E-state index contributed by atoms with van der Waals surface area (Å²) < 4.78 is 0. The van der Waals surface area contributed by atoms with Crippen LogP contribution in [0.1, 0.15) is 29.7 Å². The molecule has 0 bridgehead atoms. The zero-order valence-electron chi connectivity index (χ0n) is 12.7. The molecule has 1 aliphatic carbocycles. The largest absolute Gasteiger partial charge is 0.355 e. The number of nitrogens with zero attached hydrogens (tertiary/aromatic N) is 3. The first-order valence-electron chi connectivity index (χ1n) is 7.52. The van der Waals surface area contributed by atoms with Gasteiger partial charge in [0.25, 0.3) is 0 Å². The van der Waals surface area contributed by atoms with Gasteiger partial charge in [0, 0.05) is 44.3 Å². The molecule has 3 rings (SSSR count). The molecule has 2 heterocycles. The molecule has 0 spiro atoms. The van der Waals surface area contributed by atoms with Crippen LogP contribution in [-0.2, 0) is 13.1 Å². The summed E-state index contributed by atoms with van der Waals surface area (Å²) in [5.74, 6) is 1.02. The van der Waals surface area contributed by atoms with Gasteiger partial charge in [-0.3, -0.25) is 4.98 Å². The summed E-state index contributed by atoms with van der Waals surface area (Å²) in [5, 5.41) is 3.56. The van der Waals surface area contributed by atoms with Crippen molar-refractivity contribution in [3.63, 3.8) is 0 Å². The fraction of sp³-hybridized carbons (Fsp3) is 0.412. The van der Waals surface area contributed by atoms with Crippen LogP contribution in [0.5, 0.6) is 0 Å². The molecule has 0 amide bonds. The van der Waals surface area contributed by atoms with Gasteiger partial charge in [-0.05, 0) is 49.1 Å². The number of nitrogens with one attached hydrogen (secondary N) is 1. The maximum atomic E-state index is 4.65. The van der Waals surface area contributed by atoms with Gasteiger partial charge in [-0.2, -0.15) is 0 Å². The lowest BCUT2D eigenvalue weighted by molar-refractivity contribution is 0.686. The third-order valence-corrected chi connectivity index (χ3v) is 3.71. The molecule has 4 heteroatoms. The van der Waals surface area contributed by atoms with E-state index in [0.29, 0.717) is 0 Å². The lowest BCUT2D eigenvalue weighted by Gasteiger charge is -2.19. The summed E-state index contributed by atoms with van der Waals surface area (Å²) in [4.78, 5) is 11.0. The SMILES string of the molecule is Cc1cc(CNC2CC2)cc(N(C)Cc2cccnc2)n1. The van der Waals surface area contributed by atoms with Crippen LogP contribution in [0.3, 0.4) is 0 Å². The first-order chi connectivity index (χ1) is 10.2. The van der Waals surface area contributed by atoms with Crippen molar-refractivity contribution >= 4 is 5.82 Å². The van der Waals surface area contributed by atoms with E-state index in [1.807, 2.05) is 12.3 Å². The molecule has 1 fully saturated rings. The maximum absolute atomic E-state index is 4.65. The third kappa shape index (κ3) is 4.02. The van der Waals surface area contributed by atoms with Gasteiger partial charge >= 0.3 is 0 Å². The standard InChI is InChI=1S/C17H22N4/c1-13-8-15(11-19-16-5-6-16)9-17(20-13)21(2)12-14-4-3-7-18-10-14/h3-4,7-10,16,19H,5-6,11-12H2,1-2H3. The van der Waals surface area contributed by atoms with Crippen molar-refractivity contribution in [1.82, 2.24) is 15.3 Å². The van der Waals surface area contributed by atoms with Crippen LogP contribution >= 0.6 is 0 Å². The Morgan fingerprint density at radius 3 is 2.86 bits per heavy atom. The van der Waals surface area contributed by atoms with E-state index in [1.165, 1.54) is 24.0 Å². The molecule has 1 saturated carbocycles.